The van der Waals surface area contributed by atoms with Crippen molar-refractivity contribution in [2.45, 2.75) is 31.6 Å². The Labute approximate surface area is 183 Å². The van der Waals surface area contributed by atoms with Crippen LogP contribution in [-0.4, -0.2) is 58.1 Å². The molecule has 1 aromatic rings. The SMILES string of the molecule is CN=C(NCC(=O)N1CCCCC1)NCc1cc(F)ccc1CS(C)(=O)=O.I. The van der Waals surface area contributed by atoms with Crippen LogP contribution in [-0.2, 0) is 26.9 Å². The zero-order valence-corrected chi connectivity index (χ0v) is 19.3. The molecule has 10 heteroatoms. The van der Waals surface area contributed by atoms with Crippen molar-refractivity contribution in [2.75, 3.05) is 32.9 Å². The van der Waals surface area contributed by atoms with Crippen molar-refractivity contribution in [1.29, 1.82) is 0 Å². The molecule has 0 bridgehead atoms. The third-order valence-corrected chi connectivity index (χ3v) is 5.21. The standard InChI is InChI=1S/C18H27FN4O3S.HI/c1-20-18(22-12-17(24)23-8-4-3-5-9-23)21-11-15-10-16(19)7-6-14(15)13-27(2,25)26;/h6-7,10H,3-5,8-9,11-13H2,1-2H3,(H2,20,21,22);1H. The van der Waals surface area contributed by atoms with Gasteiger partial charge in [-0.1, -0.05) is 6.07 Å². The highest BCUT2D eigenvalue weighted by molar-refractivity contribution is 14.0. The van der Waals surface area contributed by atoms with E-state index in [0.717, 1.165) is 38.6 Å². The van der Waals surface area contributed by atoms with E-state index in [1.807, 2.05) is 4.90 Å². The van der Waals surface area contributed by atoms with E-state index in [9.17, 15) is 17.6 Å². The number of benzene rings is 1. The first-order valence-electron chi connectivity index (χ1n) is 8.96. The average molecular weight is 526 g/mol. The van der Waals surface area contributed by atoms with Gasteiger partial charge in [0.05, 0.1) is 12.3 Å². The Bertz CT molecular complexity index is 796. The number of hydrogen-bond donors (Lipinski definition) is 2. The van der Waals surface area contributed by atoms with Crippen molar-refractivity contribution >= 4 is 45.7 Å². The number of piperidine rings is 1. The highest BCUT2D eigenvalue weighted by Gasteiger charge is 2.16. The first-order chi connectivity index (χ1) is 12.8. The summed E-state index contributed by atoms with van der Waals surface area (Å²) < 4.78 is 36.7. The van der Waals surface area contributed by atoms with Crippen LogP contribution in [0, 0.1) is 5.82 Å². The van der Waals surface area contributed by atoms with E-state index < -0.39 is 15.7 Å². The Morgan fingerprint density at radius 1 is 1.18 bits per heavy atom. The quantitative estimate of drug-likeness (QED) is 0.335. The number of hydrogen-bond acceptors (Lipinski definition) is 4. The first kappa shape index (κ1) is 24.6. The molecular formula is C18H28FIN4O3S. The molecule has 0 aromatic heterocycles. The molecule has 0 unspecified atom stereocenters. The highest BCUT2D eigenvalue weighted by Crippen LogP contribution is 2.14. The maximum Gasteiger partial charge on any atom is 0.241 e. The summed E-state index contributed by atoms with van der Waals surface area (Å²) in [6, 6.07) is 4.03. The predicted molar refractivity (Wildman–Crippen MR) is 119 cm³/mol. The Morgan fingerprint density at radius 2 is 1.86 bits per heavy atom. The van der Waals surface area contributed by atoms with Crippen molar-refractivity contribution in [3.05, 3.63) is 35.1 Å². The van der Waals surface area contributed by atoms with E-state index in [0.29, 0.717) is 17.1 Å². The lowest BCUT2D eigenvalue weighted by Gasteiger charge is -2.27. The van der Waals surface area contributed by atoms with E-state index in [4.69, 9.17) is 0 Å². The third-order valence-electron chi connectivity index (χ3n) is 4.37. The van der Waals surface area contributed by atoms with E-state index in [1.165, 1.54) is 18.2 Å². The second-order valence-corrected chi connectivity index (χ2v) is 8.84. The number of guanidine groups is 1. The zero-order chi connectivity index (χ0) is 19.9. The number of rotatable bonds is 6. The van der Waals surface area contributed by atoms with Gasteiger partial charge in [0.2, 0.25) is 5.91 Å². The fourth-order valence-electron chi connectivity index (χ4n) is 3.00. The highest BCUT2D eigenvalue weighted by atomic mass is 127. The Hall–Kier alpha value is -1.43. The van der Waals surface area contributed by atoms with Gasteiger partial charge in [-0.2, -0.15) is 0 Å². The molecule has 0 spiro atoms. The topological polar surface area (TPSA) is 90.9 Å². The van der Waals surface area contributed by atoms with Crippen molar-refractivity contribution in [2.24, 2.45) is 4.99 Å². The molecule has 2 rings (SSSR count). The molecule has 1 fully saturated rings. The van der Waals surface area contributed by atoms with Gasteiger partial charge in [0.25, 0.3) is 0 Å². The number of halogens is 2. The minimum Gasteiger partial charge on any atom is -0.352 e. The lowest BCUT2D eigenvalue weighted by atomic mass is 10.1. The Morgan fingerprint density at radius 3 is 2.46 bits per heavy atom. The van der Waals surface area contributed by atoms with Gasteiger partial charge in [0, 0.05) is 32.9 Å². The van der Waals surface area contributed by atoms with Crippen LogP contribution in [0.5, 0.6) is 0 Å². The molecule has 0 radical (unpaired) electrons. The lowest BCUT2D eigenvalue weighted by Crippen LogP contribution is -2.45. The van der Waals surface area contributed by atoms with Crippen LogP contribution >= 0.6 is 24.0 Å². The van der Waals surface area contributed by atoms with Gasteiger partial charge in [-0.25, -0.2) is 12.8 Å². The van der Waals surface area contributed by atoms with Gasteiger partial charge in [-0.05, 0) is 42.5 Å². The smallest absolute Gasteiger partial charge is 0.241 e. The van der Waals surface area contributed by atoms with Crippen LogP contribution in [0.1, 0.15) is 30.4 Å². The minimum atomic E-state index is -3.24. The number of likely N-dealkylation sites (tertiary alicyclic amines) is 1. The summed E-state index contributed by atoms with van der Waals surface area (Å²) in [7, 11) is -1.66. The molecule has 28 heavy (non-hydrogen) atoms. The van der Waals surface area contributed by atoms with Crippen LogP contribution in [0.2, 0.25) is 0 Å². The monoisotopic (exact) mass is 526 g/mol. The number of sulfone groups is 1. The van der Waals surface area contributed by atoms with Crippen LogP contribution in [0.15, 0.2) is 23.2 Å². The first-order valence-corrected chi connectivity index (χ1v) is 11.0. The molecule has 7 nitrogen and oxygen atoms in total. The maximum absolute atomic E-state index is 13.6. The summed E-state index contributed by atoms with van der Waals surface area (Å²) in [4.78, 5) is 18.1. The summed E-state index contributed by atoms with van der Waals surface area (Å²) in [5.74, 6) is -0.188. The van der Waals surface area contributed by atoms with E-state index in [-0.39, 0.29) is 48.7 Å². The molecule has 158 valence electrons. The lowest BCUT2D eigenvalue weighted by molar-refractivity contribution is -0.130. The molecule has 1 aliphatic heterocycles. The van der Waals surface area contributed by atoms with Gasteiger partial charge in [0.1, 0.15) is 5.82 Å². The van der Waals surface area contributed by atoms with Gasteiger partial charge in [0.15, 0.2) is 15.8 Å². The van der Waals surface area contributed by atoms with Crippen molar-refractivity contribution in [3.8, 4) is 0 Å². The van der Waals surface area contributed by atoms with Gasteiger partial charge < -0.3 is 15.5 Å². The van der Waals surface area contributed by atoms with Gasteiger partial charge in [-0.3, -0.25) is 9.79 Å². The summed E-state index contributed by atoms with van der Waals surface area (Å²) in [6.07, 6.45) is 4.35. The molecule has 1 aliphatic rings. The molecule has 0 saturated carbocycles. The number of aliphatic imine (C=N–C) groups is 1. The van der Waals surface area contributed by atoms with Crippen LogP contribution < -0.4 is 10.6 Å². The molecule has 0 atom stereocenters. The largest absolute Gasteiger partial charge is 0.352 e. The number of amides is 1. The summed E-state index contributed by atoms with van der Waals surface area (Å²) in [5, 5.41) is 5.96. The van der Waals surface area contributed by atoms with Crippen LogP contribution in [0.25, 0.3) is 0 Å². The predicted octanol–water partition coefficient (Wildman–Crippen LogP) is 1.67. The number of nitrogens with one attached hydrogen (secondary N) is 2. The van der Waals surface area contributed by atoms with E-state index >= 15 is 0 Å². The average Bonchev–Trinajstić information content (AvgIpc) is 2.63. The molecule has 1 amide bonds. The minimum absolute atomic E-state index is 0. The van der Waals surface area contributed by atoms with Crippen molar-refractivity contribution < 1.29 is 17.6 Å². The number of carbonyl (C=O) groups is 1. The van der Waals surface area contributed by atoms with Gasteiger partial charge >= 0.3 is 0 Å². The molecule has 1 aromatic carbocycles. The zero-order valence-electron chi connectivity index (χ0n) is 16.2. The maximum atomic E-state index is 13.6. The summed E-state index contributed by atoms with van der Waals surface area (Å²) in [6.45, 7) is 1.88. The second-order valence-electron chi connectivity index (χ2n) is 6.70. The molecular weight excluding hydrogens is 498 g/mol. The van der Waals surface area contributed by atoms with Crippen LogP contribution in [0.4, 0.5) is 4.39 Å². The summed E-state index contributed by atoms with van der Waals surface area (Å²) >= 11 is 0. The fraction of sp³-hybridized carbons (Fsp3) is 0.556. The van der Waals surface area contributed by atoms with E-state index in [1.54, 1.807) is 7.05 Å². The normalized spacial score (nSPS) is 15.0. The second kappa shape index (κ2) is 11.5. The summed E-state index contributed by atoms with van der Waals surface area (Å²) in [5.41, 5.74) is 1.07. The van der Waals surface area contributed by atoms with Gasteiger partial charge in [-0.15, -0.1) is 24.0 Å². The Kier molecular flexibility index (Phi) is 10.1. The molecule has 1 heterocycles. The van der Waals surface area contributed by atoms with Crippen molar-refractivity contribution in [3.63, 3.8) is 0 Å². The van der Waals surface area contributed by atoms with Crippen molar-refractivity contribution in [1.82, 2.24) is 15.5 Å². The number of nitrogens with zero attached hydrogens (tertiary/aromatic N) is 2. The number of carbonyl (C=O) groups excluding carboxylic acids is 1. The van der Waals surface area contributed by atoms with E-state index in [2.05, 4.69) is 15.6 Å². The van der Waals surface area contributed by atoms with Crippen LogP contribution in [0.3, 0.4) is 0 Å². The fourth-order valence-corrected chi connectivity index (χ4v) is 3.84. The Balaban J connectivity index is 0.00000392. The molecule has 0 aliphatic carbocycles. The third kappa shape index (κ3) is 8.29. The molecule has 1 saturated heterocycles. The molecule has 2 N–H and O–H groups in total.